The lowest BCUT2D eigenvalue weighted by molar-refractivity contribution is -0.117. The number of rotatable bonds is 7. The Balaban J connectivity index is 1.65. The summed E-state index contributed by atoms with van der Waals surface area (Å²) >= 11 is 0. The van der Waals surface area contributed by atoms with Crippen molar-refractivity contribution in [3.8, 4) is 0 Å². The van der Waals surface area contributed by atoms with Crippen molar-refractivity contribution in [2.75, 3.05) is 5.75 Å². The van der Waals surface area contributed by atoms with Crippen molar-refractivity contribution in [2.24, 2.45) is 5.92 Å². The number of sulfone groups is 1. The zero-order chi connectivity index (χ0) is 19.6. The number of nitrogens with zero attached hydrogens (tertiary/aromatic N) is 1. The van der Waals surface area contributed by atoms with E-state index in [1.807, 2.05) is 6.20 Å². The maximum absolute atomic E-state index is 12.4. The van der Waals surface area contributed by atoms with Crippen LogP contribution in [0.5, 0.6) is 0 Å². The fraction of sp³-hybridized carbons (Fsp3) is 0.455. The largest absolute Gasteiger partial charge is 0.299 e. The number of carbonyl (C=O) groups is 1. The van der Waals surface area contributed by atoms with E-state index in [1.165, 1.54) is 11.3 Å². The predicted molar refractivity (Wildman–Crippen MR) is 107 cm³/mol. The highest BCUT2D eigenvalue weighted by atomic mass is 32.2. The van der Waals surface area contributed by atoms with E-state index >= 15 is 0 Å². The van der Waals surface area contributed by atoms with Gasteiger partial charge in [-0.3, -0.25) is 9.78 Å². The summed E-state index contributed by atoms with van der Waals surface area (Å²) in [5.74, 6) is 1.31. The summed E-state index contributed by atoms with van der Waals surface area (Å²) in [7, 11) is -3.20. The first-order chi connectivity index (χ1) is 12.8. The Hall–Kier alpha value is -2.01. The van der Waals surface area contributed by atoms with Crippen LogP contribution in [-0.2, 0) is 33.9 Å². The average Bonchev–Trinajstić information content (AvgIpc) is 3.05. The second-order valence-corrected chi connectivity index (χ2v) is 9.99. The van der Waals surface area contributed by atoms with Crippen molar-refractivity contribution in [1.82, 2.24) is 4.98 Å². The van der Waals surface area contributed by atoms with E-state index in [1.54, 1.807) is 31.2 Å². The molecule has 27 heavy (non-hydrogen) atoms. The van der Waals surface area contributed by atoms with Gasteiger partial charge in [0.25, 0.3) is 0 Å². The molecule has 3 rings (SSSR count). The number of hydrogen-bond donors (Lipinski definition) is 0. The Kier molecular flexibility index (Phi) is 5.80. The lowest BCUT2D eigenvalue weighted by Gasteiger charge is -2.14. The molecular weight excluding hydrogens is 358 g/mol. The molecule has 0 radical (unpaired) electrons. The second-order valence-electron chi connectivity index (χ2n) is 7.72. The SMILES string of the molecule is CCS(=O)(=O)c1ccc(CC(=O)Cc2cnc3c(c2)CC[C@H]3C(C)C)cc1. The van der Waals surface area contributed by atoms with Gasteiger partial charge in [0, 0.05) is 30.7 Å². The van der Waals surface area contributed by atoms with Gasteiger partial charge in [0.15, 0.2) is 9.84 Å². The second kappa shape index (κ2) is 7.93. The van der Waals surface area contributed by atoms with Crippen LogP contribution < -0.4 is 0 Å². The van der Waals surface area contributed by atoms with Gasteiger partial charge in [-0.05, 0) is 47.6 Å². The van der Waals surface area contributed by atoms with Crippen molar-refractivity contribution in [3.05, 3.63) is 58.9 Å². The molecule has 0 saturated carbocycles. The molecule has 0 aliphatic heterocycles. The monoisotopic (exact) mass is 385 g/mol. The van der Waals surface area contributed by atoms with Gasteiger partial charge in [-0.1, -0.05) is 39.0 Å². The van der Waals surface area contributed by atoms with Gasteiger partial charge in [-0.25, -0.2) is 8.42 Å². The molecule has 0 fully saturated rings. The number of fused-ring (bicyclic) bond motifs is 1. The van der Waals surface area contributed by atoms with Crippen LogP contribution in [0.25, 0.3) is 0 Å². The van der Waals surface area contributed by atoms with Gasteiger partial charge in [0.05, 0.1) is 10.6 Å². The van der Waals surface area contributed by atoms with E-state index in [9.17, 15) is 13.2 Å². The predicted octanol–water partition coefficient (Wildman–Crippen LogP) is 3.92. The van der Waals surface area contributed by atoms with Crippen molar-refractivity contribution < 1.29 is 13.2 Å². The Morgan fingerprint density at radius 3 is 2.44 bits per heavy atom. The number of aromatic nitrogens is 1. The average molecular weight is 386 g/mol. The molecule has 1 atom stereocenters. The Morgan fingerprint density at radius 1 is 1.15 bits per heavy atom. The van der Waals surface area contributed by atoms with Crippen LogP contribution >= 0.6 is 0 Å². The lowest BCUT2D eigenvalue weighted by atomic mass is 9.93. The number of carbonyl (C=O) groups excluding carboxylic acids is 1. The molecule has 0 N–H and O–H groups in total. The van der Waals surface area contributed by atoms with Crippen LogP contribution in [-0.4, -0.2) is 24.9 Å². The molecule has 0 spiro atoms. The van der Waals surface area contributed by atoms with Crippen LogP contribution in [0.1, 0.15) is 55.5 Å². The van der Waals surface area contributed by atoms with Crippen molar-refractivity contribution >= 4 is 15.6 Å². The van der Waals surface area contributed by atoms with Crippen molar-refractivity contribution in [2.45, 2.75) is 57.3 Å². The van der Waals surface area contributed by atoms with Gasteiger partial charge in [0.1, 0.15) is 5.78 Å². The first-order valence-electron chi connectivity index (χ1n) is 9.61. The fourth-order valence-corrected chi connectivity index (χ4v) is 4.68. The van der Waals surface area contributed by atoms with E-state index < -0.39 is 9.84 Å². The third-order valence-corrected chi connectivity index (χ3v) is 7.15. The molecule has 5 heteroatoms. The third-order valence-electron chi connectivity index (χ3n) is 5.40. The van der Waals surface area contributed by atoms with Crippen LogP contribution in [0.2, 0.25) is 0 Å². The van der Waals surface area contributed by atoms with Crippen LogP contribution in [0.4, 0.5) is 0 Å². The number of Topliss-reactive ketones (excluding diaryl/α,β-unsaturated/α-hetero) is 1. The molecule has 1 aliphatic carbocycles. The minimum atomic E-state index is -3.20. The highest BCUT2D eigenvalue weighted by Gasteiger charge is 2.26. The molecular formula is C22H27NO3S. The third kappa shape index (κ3) is 4.46. The highest BCUT2D eigenvalue weighted by molar-refractivity contribution is 7.91. The molecule has 0 bridgehead atoms. The molecule has 0 unspecified atom stereocenters. The van der Waals surface area contributed by atoms with Crippen LogP contribution in [0, 0.1) is 5.92 Å². The van der Waals surface area contributed by atoms with Crippen molar-refractivity contribution in [1.29, 1.82) is 0 Å². The van der Waals surface area contributed by atoms with Gasteiger partial charge < -0.3 is 0 Å². The van der Waals surface area contributed by atoms with E-state index in [0.29, 0.717) is 29.6 Å². The topological polar surface area (TPSA) is 64.1 Å². The number of aryl methyl sites for hydroxylation is 1. The first-order valence-corrected chi connectivity index (χ1v) is 11.3. The maximum Gasteiger partial charge on any atom is 0.178 e. The molecule has 1 aromatic carbocycles. The standard InChI is InChI=1S/C22H27NO3S/c1-4-27(25,26)20-8-5-16(6-9-20)12-19(24)13-17-11-18-7-10-21(15(2)3)22(18)23-14-17/h5-6,8-9,11,14-15,21H,4,7,10,12-13H2,1-3H3/t21-/m0/s1. The molecule has 144 valence electrons. The summed E-state index contributed by atoms with van der Waals surface area (Å²) in [6, 6.07) is 8.78. The molecule has 4 nitrogen and oxygen atoms in total. The van der Waals surface area contributed by atoms with Gasteiger partial charge in [-0.15, -0.1) is 0 Å². The molecule has 1 aliphatic rings. The lowest BCUT2D eigenvalue weighted by Crippen LogP contribution is -2.09. The molecule has 1 heterocycles. The summed E-state index contributed by atoms with van der Waals surface area (Å²) < 4.78 is 23.7. The number of hydrogen-bond acceptors (Lipinski definition) is 4. The van der Waals surface area contributed by atoms with E-state index in [-0.39, 0.29) is 11.5 Å². The number of benzene rings is 1. The number of ketones is 1. The van der Waals surface area contributed by atoms with E-state index in [4.69, 9.17) is 0 Å². The zero-order valence-corrected chi connectivity index (χ0v) is 17.1. The summed E-state index contributed by atoms with van der Waals surface area (Å²) in [5.41, 5.74) is 4.29. The fourth-order valence-electron chi connectivity index (χ4n) is 3.80. The summed E-state index contributed by atoms with van der Waals surface area (Å²) in [6.07, 6.45) is 4.69. The van der Waals surface area contributed by atoms with E-state index in [0.717, 1.165) is 24.0 Å². The summed E-state index contributed by atoms with van der Waals surface area (Å²) in [6.45, 7) is 6.09. The van der Waals surface area contributed by atoms with E-state index in [2.05, 4.69) is 24.9 Å². The van der Waals surface area contributed by atoms with Gasteiger partial charge in [0.2, 0.25) is 0 Å². The maximum atomic E-state index is 12.4. The molecule has 0 amide bonds. The zero-order valence-electron chi connectivity index (χ0n) is 16.2. The minimum absolute atomic E-state index is 0.0777. The van der Waals surface area contributed by atoms with Gasteiger partial charge >= 0.3 is 0 Å². The molecule has 2 aromatic rings. The molecule has 0 saturated heterocycles. The molecule has 1 aromatic heterocycles. The number of pyridine rings is 1. The highest BCUT2D eigenvalue weighted by Crippen LogP contribution is 2.36. The summed E-state index contributed by atoms with van der Waals surface area (Å²) in [4.78, 5) is 17.4. The van der Waals surface area contributed by atoms with Gasteiger partial charge in [-0.2, -0.15) is 0 Å². The van der Waals surface area contributed by atoms with Crippen LogP contribution in [0.3, 0.4) is 0 Å². The Labute approximate surface area is 162 Å². The van der Waals surface area contributed by atoms with Crippen LogP contribution in [0.15, 0.2) is 41.4 Å². The summed E-state index contributed by atoms with van der Waals surface area (Å²) in [5, 5.41) is 0. The quantitative estimate of drug-likeness (QED) is 0.725. The smallest absolute Gasteiger partial charge is 0.178 e. The Bertz CT molecular complexity index is 931. The normalized spacial score (nSPS) is 16.5. The minimum Gasteiger partial charge on any atom is -0.299 e. The first kappa shape index (κ1) is 19.7. The van der Waals surface area contributed by atoms with Crippen molar-refractivity contribution in [3.63, 3.8) is 0 Å². The Morgan fingerprint density at radius 2 is 1.81 bits per heavy atom.